The van der Waals surface area contributed by atoms with Crippen molar-refractivity contribution in [2.24, 2.45) is 0 Å². The van der Waals surface area contributed by atoms with Crippen molar-refractivity contribution in [2.45, 2.75) is 46.0 Å². The highest BCUT2D eigenvalue weighted by atomic mass is 16.5. The van der Waals surface area contributed by atoms with Crippen molar-refractivity contribution >= 4 is 0 Å². The summed E-state index contributed by atoms with van der Waals surface area (Å²) in [5.74, 6) is 1.94. The van der Waals surface area contributed by atoms with Crippen LogP contribution < -0.4 is 4.74 Å². The van der Waals surface area contributed by atoms with Gasteiger partial charge in [-0.25, -0.2) is 0 Å². The highest BCUT2D eigenvalue weighted by molar-refractivity contribution is 5.43. The average molecular weight is 268 g/mol. The van der Waals surface area contributed by atoms with Crippen LogP contribution in [0.1, 0.15) is 44.2 Å². The van der Waals surface area contributed by atoms with Crippen molar-refractivity contribution in [3.63, 3.8) is 0 Å². The fraction of sp³-hybridized carbons (Fsp3) is 0.368. The molecule has 2 aromatic carbocycles. The second kappa shape index (κ2) is 7.74. The minimum absolute atomic E-state index is 0.916. The van der Waals surface area contributed by atoms with Gasteiger partial charge in [0.15, 0.2) is 0 Å². The number of ether oxygens (including phenoxy) is 1. The van der Waals surface area contributed by atoms with Crippen LogP contribution in [0.25, 0.3) is 0 Å². The molecule has 2 rings (SSSR count). The highest BCUT2D eigenvalue weighted by Gasteiger charge is 2.09. The molecule has 1 heteroatoms. The molecule has 0 aromatic heterocycles. The fourth-order valence-electron chi connectivity index (χ4n) is 2.46. The molecule has 0 aliphatic carbocycles. The van der Waals surface area contributed by atoms with Gasteiger partial charge in [0.25, 0.3) is 0 Å². The lowest BCUT2D eigenvalue weighted by Crippen LogP contribution is -1.98. The van der Waals surface area contributed by atoms with Gasteiger partial charge in [0, 0.05) is 0 Å². The molecule has 0 unspecified atom stereocenters. The lowest BCUT2D eigenvalue weighted by Gasteiger charge is -2.15. The van der Waals surface area contributed by atoms with Crippen LogP contribution in [0, 0.1) is 0 Å². The zero-order valence-corrected chi connectivity index (χ0v) is 12.6. The first-order valence-corrected chi connectivity index (χ1v) is 7.68. The van der Waals surface area contributed by atoms with Crippen molar-refractivity contribution in [1.29, 1.82) is 0 Å². The summed E-state index contributed by atoms with van der Waals surface area (Å²) in [7, 11) is 0. The second-order valence-corrected chi connectivity index (χ2v) is 5.16. The number of unbranched alkanes of at least 4 members (excludes halogenated alkanes) is 1. The van der Waals surface area contributed by atoms with Crippen molar-refractivity contribution in [1.82, 2.24) is 0 Å². The van der Waals surface area contributed by atoms with Crippen molar-refractivity contribution in [2.75, 3.05) is 0 Å². The Balaban J connectivity index is 2.28. The third-order valence-corrected chi connectivity index (χ3v) is 3.50. The van der Waals surface area contributed by atoms with E-state index < -0.39 is 0 Å². The summed E-state index contributed by atoms with van der Waals surface area (Å²) in [6.45, 7) is 4.47. The highest BCUT2D eigenvalue weighted by Crippen LogP contribution is 2.29. The Morgan fingerprint density at radius 1 is 0.800 bits per heavy atom. The summed E-state index contributed by atoms with van der Waals surface area (Å²) >= 11 is 0. The van der Waals surface area contributed by atoms with E-state index in [-0.39, 0.29) is 0 Å². The molecule has 0 aliphatic heterocycles. The van der Waals surface area contributed by atoms with Gasteiger partial charge in [-0.15, -0.1) is 0 Å². The van der Waals surface area contributed by atoms with Crippen LogP contribution in [-0.2, 0) is 12.8 Å². The number of benzene rings is 2. The van der Waals surface area contributed by atoms with Gasteiger partial charge >= 0.3 is 0 Å². The Kier molecular flexibility index (Phi) is 5.67. The van der Waals surface area contributed by atoms with Crippen LogP contribution in [0.2, 0.25) is 0 Å². The Morgan fingerprint density at radius 2 is 1.60 bits per heavy atom. The van der Waals surface area contributed by atoms with Crippen LogP contribution in [0.4, 0.5) is 0 Å². The van der Waals surface area contributed by atoms with Gasteiger partial charge in [0.2, 0.25) is 0 Å². The lowest BCUT2D eigenvalue weighted by molar-refractivity contribution is 0.473. The number of aryl methyl sites for hydroxylation is 1. The van der Waals surface area contributed by atoms with Gasteiger partial charge in [0.1, 0.15) is 11.5 Å². The van der Waals surface area contributed by atoms with E-state index in [1.165, 1.54) is 30.4 Å². The maximum absolute atomic E-state index is 6.09. The molecule has 0 saturated carbocycles. The lowest BCUT2D eigenvalue weighted by atomic mass is 9.98. The van der Waals surface area contributed by atoms with Crippen LogP contribution in [0.15, 0.2) is 48.5 Å². The van der Waals surface area contributed by atoms with Crippen molar-refractivity contribution < 1.29 is 4.74 Å². The molecule has 0 heterocycles. The van der Waals surface area contributed by atoms with E-state index in [1.54, 1.807) is 0 Å². The third-order valence-electron chi connectivity index (χ3n) is 3.50. The quantitative estimate of drug-likeness (QED) is 0.619. The normalized spacial score (nSPS) is 10.5. The van der Waals surface area contributed by atoms with Gasteiger partial charge in [-0.05, 0) is 48.6 Å². The first kappa shape index (κ1) is 14.6. The maximum atomic E-state index is 6.09. The van der Waals surface area contributed by atoms with E-state index in [0.717, 1.165) is 24.3 Å². The van der Waals surface area contributed by atoms with E-state index in [1.807, 2.05) is 30.3 Å². The molecule has 0 amide bonds. The third kappa shape index (κ3) is 3.86. The molecular formula is C19H24O. The standard InChI is InChI=1S/C19H24O/c1-3-5-14-18-16(10-4-2)11-9-15-19(18)20-17-12-7-6-8-13-17/h6-9,11-13,15H,3-5,10,14H2,1-2H3. The summed E-state index contributed by atoms with van der Waals surface area (Å²) in [5, 5.41) is 0. The topological polar surface area (TPSA) is 9.23 Å². The zero-order valence-electron chi connectivity index (χ0n) is 12.6. The van der Waals surface area contributed by atoms with E-state index in [9.17, 15) is 0 Å². The summed E-state index contributed by atoms with van der Waals surface area (Å²) in [5.41, 5.74) is 2.83. The van der Waals surface area contributed by atoms with Crippen LogP contribution in [0.3, 0.4) is 0 Å². The fourth-order valence-corrected chi connectivity index (χ4v) is 2.46. The number of para-hydroxylation sites is 1. The Morgan fingerprint density at radius 3 is 2.30 bits per heavy atom. The molecule has 0 fully saturated rings. The molecule has 0 N–H and O–H groups in total. The summed E-state index contributed by atoms with van der Waals surface area (Å²) in [6, 6.07) is 16.5. The molecule has 0 radical (unpaired) electrons. The van der Waals surface area contributed by atoms with E-state index in [4.69, 9.17) is 4.74 Å². The molecule has 0 bridgehead atoms. The first-order valence-electron chi connectivity index (χ1n) is 7.68. The maximum Gasteiger partial charge on any atom is 0.130 e. The Hall–Kier alpha value is -1.76. The minimum Gasteiger partial charge on any atom is -0.457 e. The van der Waals surface area contributed by atoms with Crippen molar-refractivity contribution in [3.05, 3.63) is 59.7 Å². The van der Waals surface area contributed by atoms with E-state index >= 15 is 0 Å². The van der Waals surface area contributed by atoms with Crippen molar-refractivity contribution in [3.8, 4) is 11.5 Å². The first-order chi connectivity index (χ1) is 9.85. The van der Waals surface area contributed by atoms with Crippen LogP contribution in [-0.4, -0.2) is 0 Å². The number of hydrogen-bond donors (Lipinski definition) is 0. The van der Waals surface area contributed by atoms with Gasteiger partial charge in [0.05, 0.1) is 0 Å². The Bertz CT molecular complexity index is 517. The molecule has 0 aliphatic rings. The largest absolute Gasteiger partial charge is 0.457 e. The number of hydrogen-bond acceptors (Lipinski definition) is 1. The van der Waals surface area contributed by atoms with Gasteiger partial charge < -0.3 is 4.74 Å². The number of rotatable bonds is 7. The molecule has 0 atom stereocenters. The second-order valence-electron chi connectivity index (χ2n) is 5.16. The molecule has 0 saturated heterocycles. The van der Waals surface area contributed by atoms with Crippen LogP contribution in [0.5, 0.6) is 11.5 Å². The van der Waals surface area contributed by atoms with E-state index in [0.29, 0.717) is 0 Å². The molecular weight excluding hydrogens is 244 g/mol. The van der Waals surface area contributed by atoms with Gasteiger partial charge in [-0.3, -0.25) is 0 Å². The van der Waals surface area contributed by atoms with Crippen LogP contribution >= 0.6 is 0 Å². The zero-order chi connectivity index (χ0) is 14.2. The average Bonchev–Trinajstić information content (AvgIpc) is 2.48. The van der Waals surface area contributed by atoms with Gasteiger partial charge in [-0.1, -0.05) is 57.0 Å². The predicted octanol–water partition coefficient (Wildman–Crippen LogP) is 5.77. The molecule has 1 nitrogen and oxygen atoms in total. The predicted molar refractivity (Wildman–Crippen MR) is 85.6 cm³/mol. The summed E-state index contributed by atoms with van der Waals surface area (Å²) < 4.78 is 6.09. The molecule has 20 heavy (non-hydrogen) atoms. The summed E-state index contributed by atoms with van der Waals surface area (Å²) in [6.07, 6.45) is 5.84. The molecule has 2 aromatic rings. The SMILES string of the molecule is CCCCc1c(CCC)cccc1Oc1ccccc1. The smallest absolute Gasteiger partial charge is 0.130 e. The Labute approximate surface area is 122 Å². The van der Waals surface area contributed by atoms with Gasteiger partial charge in [-0.2, -0.15) is 0 Å². The minimum atomic E-state index is 0.916. The molecule has 106 valence electrons. The summed E-state index contributed by atoms with van der Waals surface area (Å²) in [4.78, 5) is 0. The molecule has 0 spiro atoms. The van der Waals surface area contributed by atoms with E-state index in [2.05, 4.69) is 32.0 Å². The monoisotopic (exact) mass is 268 g/mol.